The van der Waals surface area contributed by atoms with Gasteiger partial charge in [0.2, 0.25) is 0 Å². The van der Waals surface area contributed by atoms with E-state index >= 15 is 0 Å². The first-order chi connectivity index (χ1) is 9.54. The highest BCUT2D eigenvalue weighted by Gasteiger charge is 2.36. The van der Waals surface area contributed by atoms with E-state index in [1.165, 1.54) is 19.3 Å². The van der Waals surface area contributed by atoms with E-state index in [9.17, 15) is 9.59 Å². The number of carbonyl (C=O) groups excluding carboxylic acids is 1. The standard InChI is InChI=1S/C14H24N2O3S/c1-20-14(7-2-8-14)9-15-13(19)16-11-5-3-10(4-6-11)12(17)18/h10-11H,2-9H2,1H3,(H,17,18)(H2,15,16,19). The Labute approximate surface area is 124 Å². The third kappa shape index (κ3) is 3.81. The molecule has 0 aromatic heterocycles. The predicted octanol–water partition coefficient (Wildman–Crippen LogP) is 2.21. The van der Waals surface area contributed by atoms with Gasteiger partial charge in [0.05, 0.1) is 5.92 Å². The highest BCUT2D eigenvalue weighted by molar-refractivity contribution is 8.00. The molecule has 2 aliphatic rings. The zero-order chi connectivity index (χ0) is 14.6. The molecular formula is C14H24N2O3S. The summed E-state index contributed by atoms with van der Waals surface area (Å²) in [6.07, 6.45) is 8.56. The Balaban J connectivity index is 1.66. The van der Waals surface area contributed by atoms with E-state index in [0.29, 0.717) is 12.8 Å². The zero-order valence-electron chi connectivity index (χ0n) is 12.0. The molecule has 3 N–H and O–H groups in total. The van der Waals surface area contributed by atoms with Crippen molar-refractivity contribution in [1.29, 1.82) is 0 Å². The van der Waals surface area contributed by atoms with Gasteiger partial charge in [0.25, 0.3) is 0 Å². The van der Waals surface area contributed by atoms with Crippen LogP contribution in [-0.4, -0.2) is 40.7 Å². The first kappa shape index (κ1) is 15.5. The van der Waals surface area contributed by atoms with Gasteiger partial charge in [0.15, 0.2) is 0 Å². The molecule has 0 spiro atoms. The fraction of sp³-hybridized carbons (Fsp3) is 0.857. The molecule has 2 aliphatic carbocycles. The van der Waals surface area contributed by atoms with Crippen molar-refractivity contribution in [3.63, 3.8) is 0 Å². The summed E-state index contributed by atoms with van der Waals surface area (Å²) in [4.78, 5) is 22.7. The van der Waals surface area contributed by atoms with Crippen molar-refractivity contribution in [2.45, 2.75) is 55.7 Å². The molecule has 2 amide bonds. The van der Waals surface area contributed by atoms with Crippen molar-refractivity contribution in [3.8, 4) is 0 Å². The molecule has 0 heterocycles. The minimum atomic E-state index is -0.709. The van der Waals surface area contributed by atoms with Crippen LogP contribution in [0.25, 0.3) is 0 Å². The van der Waals surface area contributed by atoms with Crippen molar-refractivity contribution in [1.82, 2.24) is 10.6 Å². The molecule has 2 rings (SSSR count). The summed E-state index contributed by atoms with van der Waals surface area (Å²) in [6, 6.07) is 0.0151. The first-order valence-corrected chi connectivity index (χ1v) is 8.59. The van der Waals surface area contributed by atoms with Crippen LogP contribution in [0.1, 0.15) is 44.9 Å². The van der Waals surface area contributed by atoms with E-state index in [1.807, 2.05) is 11.8 Å². The Kier molecular flexibility index (Phi) is 5.18. The van der Waals surface area contributed by atoms with Gasteiger partial charge in [0, 0.05) is 17.3 Å². The third-order valence-electron chi connectivity index (χ3n) is 4.68. The van der Waals surface area contributed by atoms with E-state index in [-0.39, 0.29) is 22.7 Å². The molecule has 0 unspecified atom stereocenters. The Morgan fingerprint density at radius 2 is 1.90 bits per heavy atom. The van der Waals surface area contributed by atoms with Crippen LogP contribution in [0.15, 0.2) is 0 Å². The lowest BCUT2D eigenvalue weighted by molar-refractivity contribution is -0.142. The van der Waals surface area contributed by atoms with Gasteiger partial charge in [-0.3, -0.25) is 4.79 Å². The maximum atomic E-state index is 11.9. The van der Waals surface area contributed by atoms with E-state index in [2.05, 4.69) is 16.9 Å². The summed E-state index contributed by atoms with van der Waals surface area (Å²) in [6.45, 7) is 0.727. The molecule has 2 saturated carbocycles. The smallest absolute Gasteiger partial charge is 0.315 e. The van der Waals surface area contributed by atoms with Gasteiger partial charge in [-0.2, -0.15) is 11.8 Å². The molecule has 0 saturated heterocycles. The van der Waals surface area contributed by atoms with E-state index < -0.39 is 5.97 Å². The average molecular weight is 300 g/mol. The maximum absolute atomic E-state index is 11.9. The fourth-order valence-corrected chi connectivity index (χ4v) is 3.90. The lowest BCUT2D eigenvalue weighted by Gasteiger charge is -2.40. The summed E-state index contributed by atoms with van der Waals surface area (Å²) in [5.41, 5.74) is 0. The number of hydrogen-bond acceptors (Lipinski definition) is 3. The summed E-state index contributed by atoms with van der Waals surface area (Å²) in [5.74, 6) is -0.939. The second-order valence-corrected chi connectivity index (χ2v) is 7.23. The number of thioether (sulfide) groups is 1. The number of amides is 2. The van der Waals surface area contributed by atoms with Crippen LogP contribution in [0.4, 0.5) is 4.79 Å². The second-order valence-electron chi connectivity index (χ2n) is 5.95. The summed E-state index contributed by atoms with van der Waals surface area (Å²) >= 11 is 1.84. The summed E-state index contributed by atoms with van der Waals surface area (Å²) < 4.78 is 0.248. The van der Waals surface area contributed by atoms with Crippen molar-refractivity contribution < 1.29 is 14.7 Å². The number of hydrogen-bond donors (Lipinski definition) is 3. The molecule has 6 heteroatoms. The first-order valence-electron chi connectivity index (χ1n) is 7.37. The minimum Gasteiger partial charge on any atom is -0.481 e. The number of urea groups is 1. The fourth-order valence-electron chi connectivity index (χ4n) is 2.99. The van der Waals surface area contributed by atoms with Crippen LogP contribution in [0.3, 0.4) is 0 Å². The predicted molar refractivity (Wildman–Crippen MR) is 80.0 cm³/mol. The average Bonchev–Trinajstić information content (AvgIpc) is 2.38. The number of nitrogens with one attached hydrogen (secondary N) is 2. The SMILES string of the molecule is CSC1(CNC(=O)NC2CCC(C(=O)O)CC2)CCC1. The van der Waals surface area contributed by atoms with Gasteiger partial charge in [-0.15, -0.1) is 0 Å². The van der Waals surface area contributed by atoms with Crippen molar-refractivity contribution >= 4 is 23.8 Å². The van der Waals surface area contributed by atoms with Crippen LogP contribution < -0.4 is 10.6 Å². The third-order valence-corrected chi connectivity index (χ3v) is 6.10. The highest BCUT2D eigenvalue weighted by atomic mass is 32.2. The number of aliphatic carboxylic acids is 1. The second kappa shape index (κ2) is 6.70. The van der Waals surface area contributed by atoms with Gasteiger partial charge >= 0.3 is 12.0 Å². The topological polar surface area (TPSA) is 78.4 Å². The Morgan fingerprint density at radius 1 is 1.25 bits per heavy atom. The normalized spacial score (nSPS) is 28.2. The van der Waals surface area contributed by atoms with Crippen LogP contribution in [0.5, 0.6) is 0 Å². The molecule has 0 bridgehead atoms. The highest BCUT2D eigenvalue weighted by Crippen LogP contribution is 2.42. The number of carboxylic acid groups (broad SMARTS) is 1. The minimum absolute atomic E-state index is 0.107. The molecule has 0 aromatic carbocycles. The van der Waals surface area contributed by atoms with Gasteiger partial charge < -0.3 is 15.7 Å². The molecule has 0 radical (unpaired) electrons. The van der Waals surface area contributed by atoms with Crippen LogP contribution in [0.2, 0.25) is 0 Å². The lowest BCUT2D eigenvalue weighted by Crippen LogP contribution is -2.50. The van der Waals surface area contributed by atoms with Gasteiger partial charge in [-0.25, -0.2) is 4.79 Å². The molecule has 114 valence electrons. The largest absolute Gasteiger partial charge is 0.481 e. The summed E-state index contributed by atoms with van der Waals surface area (Å²) in [5, 5.41) is 14.9. The maximum Gasteiger partial charge on any atom is 0.315 e. The molecule has 0 atom stereocenters. The van der Waals surface area contributed by atoms with Gasteiger partial charge in [-0.1, -0.05) is 6.42 Å². The van der Waals surface area contributed by atoms with Crippen LogP contribution >= 0.6 is 11.8 Å². The van der Waals surface area contributed by atoms with E-state index in [0.717, 1.165) is 19.4 Å². The monoisotopic (exact) mass is 300 g/mol. The zero-order valence-corrected chi connectivity index (χ0v) is 12.8. The van der Waals surface area contributed by atoms with Crippen molar-refractivity contribution in [3.05, 3.63) is 0 Å². The van der Waals surface area contributed by atoms with E-state index in [1.54, 1.807) is 0 Å². The van der Waals surface area contributed by atoms with Crippen molar-refractivity contribution in [2.24, 2.45) is 5.92 Å². The molecule has 0 aromatic rings. The number of carbonyl (C=O) groups is 2. The summed E-state index contributed by atoms with van der Waals surface area (Å²) in [7, 11) is 0. The Hall–Kier alpha value is -0.910. The van der Waals surface area contributed by atoms with Gasteiger partial charge in [0.1, 0.15) is 0 Å². The molecule has 5 nitrogen and oxygen atoms in total. The molecular weight excluding hydrogens is 276 g/mol. The molecule has 0 aliphatic heterocycles. The van der Waals surface area contributed by atoms with Crippen LogP contribution in [0, 0.1) is 5.92 Å². The quantitative estimate of drug-likeness (QED) is 0.727. The Morgan fingerprint density at radius 3 is 2.35 bits per heavy atom. The molecule has 20 heavy (non-hydrogen) atoms. The number of carboxylic acids is 1. The van der Waals surface area contributed by atoms with Crippen molar-refractivity contribution in [2.75, 3.05) is 12.8 Å². The number of rotatable bonds is 5. The van der Waals surface area contributed by atoms with Crippen LogP contribution in [-0.2, 0) is 4.79 Å². The van der Waals surface area contributed by atoms with E-state index in [4.69, 9.17) is 5.11 Å². The Bertz CT molecular complexity index is 358. The van der Waals surface area contributed by atoms with Gasteiger partial charge in [-0.05, 0) is 44.8 Å². The lowest BCUT2D eigenvalue weighted by atomic mass is 9.84. The molecule has 2 fully saturated rings.